The second-order valence-electron chi connectivity index (χ2n) is 9.01. The number of nitrogens with zero attached hydrogens (tertiary/aromatic N) is 1. The predicted molar refractivity (Wildman–Crippen MR) is 144 cm³/mol. The molecule has 3 rings (SSSR count). The Balaban J connectivity index is 1.80. The topological polar surface area (TPSA) is 139 Å². The molecule has 2 N–H and O–H groups in total. The van der Waals surface area contributed by atoms with E-state index in [4.69, 9.17) is 4.74 Å². The third kappa shape index (κ3) is 9.58. The van der Waals surface area contributed by atoms with Gasteiger partial charge in [-0.25, -0.2) is 21.6 Å². The molecule has 1 aliphatic heterocycles. The van der Waals surface area contributed by atoms with Crippen LogP contribution in [-0.2, 0) is 35.6 Å². The van der Waals surface area contributed by atoms with Gasteiger partial charge in [-0.15, -0.1) is 0 Å². The van der Waals surface area contributed by atoms with E-state index in [1.165, 1.54) is 18.2 Å². The smallest absolute Gasteiger partial charge is 0.318 e. The van der Waals surface area contributed by atoms with Crippen molar-refractivity contribution < 1.29 is 31.2 Å². The van der Waals surface area contributed by atoms with Gasteiger partial charge in [0.05, 0.1) is 23.9 Å². The number of sulfone groups is 2. The number of benzene rings is 2. The molecule has 0 aliphatic carbocycles. The molecule has 0 bridgehead atoms. The van der Waals surface area contributed by atoms with Crippen molar-refractivity contribution in [2.75, 3.05) is 38.3 Å². The minimum absolute atomic E-state index is 0.0408. The van der Waals surface area contributed by atoms with Gasteiger partial charge in [0, 0.05) is 37.2 Å². The SMILES string of the molecule is CS(=O)(=O)CCC(C=CS(=O)(=O)c1ccccc1)NC(=O)C(Cc1ccccc1)NC(=O)N1CCOCC1. The number of nitrogens with one attached hydrogen (secondary N) is 2. The maximum absolute atomic E-state index is 13.4. The van der Waals surface area contributed by atoms with Gasteiger partial charge in [0.2, 0.25) is 5.91 Å². The molecule has 1 aliphatic rings. The standard InChI is InChI=1S/C26H33N3O7S2/c1-37(32,33)18-12-22(13-19-38(34,35)23-10-6-3-7-11-23)27-25(30)24(20-21-8-4-2-5-9-21)28-26(31)29-14-16-36-17-15-29/h2-11,13,19,22,24H,12,14-18,20H2,1H3,(H,27,30)(H,28,31). The first kappa shape index (κ1) is 29.3. The van der Waals surface area contributed by atoms with E-state index in [9.17, 15) is 26.4 Å². The van der Waals surface area contributed by atoms with E-state index in [0.717, 1.165) is 17.2 Å². The quantitative estimate of drug-likeness (QED) is 0.423. The van der Waals surface area contributed by atoms with Crippen molar-refractivity contribution in [1.29, 1.82) is 0 Å². The Kier molecular flexibility index (Phi) is 10.5. The van der Waals surface area contributed by atoms with Crippen LogP contribution in [0.15, 0.2) is 77.0 Å². The first-order valence-corrected chi connectivity index (χ1v) is 15.8. The van der Waals surface area contributed by atoms with Gasteiger partial charge in [0.1, 0.15) is 15.9 Å². The molecule has 0 radical (unpaired) electrons. The molecule has 0 aromatic heterocycles. The lowest BCUT2D eigenvalue weighted by atomic mass is 10.0. The molecule has 1 saturated heterocycles. The van der Waals surface area contributed by atoms with Crippen LogP contribution in [0.2, 0.25) is 0 Å². The largest absolute Gasteiger partial charge is 0.378 e. The highest BCUT2D eigenvalue weighted by atomic mass is 32.2. The summed E-state index contributed by atoms with van der Waals surface area (Å²) < 4.78 is 54.4. The van der Waals surface area contributed by atoms with Gasteiger partial charge in [-0.1, -0.05) is 54.6 Å². The number of morpholine rings is 1. The van der Waals surface area contributed by atoms with Crippen molar-refractivity contribution in [3.05, 3.63) is 77.7 Å². The van der Waals surface area contributed by atoms with Crippen LogP contribution in [0, 0.1) is 0 Å². The molecule has 0 saturated carbocycles. The lowest BCUT2D eigenvalue weighted by Crippen LogP contribution is -2.55. The fourth-order valence-corrected chi connectivity index (χ4v) is 5.57. The molecule has 1 heterocycles. The highest BCUT2D eigenvalue weighted by Crippen LogP contribution is 2.13. The fourth-order valence-electron chi connectivity index (χ4n) is 3.79. The molecule has 2 aromatic rings. The zero-order chi connectivity index (χ0) is 27.6. The number of hydrogen-bond acceptors (Lipinski definition) is 7. The average Bonchev–Trinajstić information content (AvgIpc) is 2.91. The van der Waals surface area contributed by atoms with Gasteiger partial charge in [0.25, 0.3) is 0 Å². The Bertz CT molecular complexity index is 1310. The van der Waals surface area contributed by atoms with E-state index in [1.807, 2.05) is 30.3 Å². The van der Waals surface area contributed by atoms with Gasteiger partial charge in [0.15, 0.2) is 9.84 Å². The molecule has 206 valence electrons. The lowest BCUT2D eigenvalue weighted by molar-refractivity contribution is -0.123. The first-order valence-electron chi connectivity index (χ1n) is 12.2. The van der Waals surface area contributed by atoms with Crippen LogP contribution in [0.25, 0.3) is 0 Å². The molecule has 2 aromatic carbocycles. The number of rotatable bonds is 11. The van der Waals surface area contributed by atoms with E-state index in [-0.39, 0.29) is 23.5 Å². The molecular weight excluding hydrogens is 530 g/mol. The third-order valence-corrected chi connectivity index (χ3v) is 8.31. The number of hydrogen-bond donors (Lipinski definition) is 2. The summed E-state index contributed by atoms with van der Waals surface area (Å²) in [6.45, 7) is 1.58. The first-order chi connectivity index (χ1) is 18.0. The zero-order valence-corrected chi connectivity index (χ0v) is 22.8. The Morgan fingerprint density at radius 2 is 1.55 bits per heavy atom. The van der Waals surface area contributed by atoms with Crippen LogP contribution in [0.4, 0.5) is 4.79 Å². The maximum atomic E-state index is 13.4. The summed E-state index contributed by atoms with van der Waals surface area (Å²) in [4.78, 5) is 27.9. The van der Waals surface area contributed by atoms with Crippen molar-refractivity contribution in [3.8, 4) is 0 Å². The second-order valence-corrected chi connectivity index (χ2v) is 13.1. The van der Waals surface area contributed by atoms with E-state index >= 15 is 0 Å². The number of amides is 3. The lowest BCUT2D eigenvalue weighted by Gasteiger charge is -2.29. The molecule has 38 heavy (non-hydrogen) atoms. The molecule has 2 atom stereocenters. The summed E-state index contributed by atoms with van der Waals surface area (Å²) in [5.74, 6) is -0.826. The molecule has 0 spiro atoms. The highest BCUT2D eigenvalue weighted by molar-refractivity contribution is 7.94. The average molecular weight is 564 g/mol. The van der Waals surface area contributed by atoms with Gasteiger partial charge < -0.3 is 20.3 Å². The van der Waals surface area contributed by atoms with Gasteiger partial charge in [-0.05, 0) is 24.1 Å². The third-order valence-electron chi connectivity index (χ3n) is 5.88. The monoisotopic (exact) mass is 563 g/mol. The van der Waals surface area contributed by atoms with Crippen LogP contribution in [0.5, 0.6) is 0 Å². The summed E-state index contributed by atoms with van der Waals surface area (Å²) in [6.07, 6.45) is 2.49. The normalized spacial score (nSPS) is 16.1. The van der Waals surface area contributed by atoms with Crippen LogP contribution in [0.3, 0.4) is 0 Å². The Morgan fingerprint density at radius 1 is 0.947 bits per heavy atom. The number of carbonyl (C=O) groups is 2. The zero-order valence-electron chi connectivity index (χ0n) is 21.2. The van der Waals surface area contributed by atoms with Gasteiger partial charge >= 0.3 is 6.03 Å². The number of ether oxygens (including phenoxy) is 1. The van der Waals surface area contributed by atoms with Crippen molar-refractivity contribution >= 4 is 31.6 Å². The summed E-state index contributed by atoms with van der Waals surface area (Å²) in [6, 6.07) is 14.6. The summed E-state index contributed by atoms with van der Waals surface area (Å²) in [5, 5.41) is 6.47. The molecule has 12 heteroatoms. The van der Waals surface area contributed by atoms with Crippen LogP contribution >= 0.6 is 0 Å². The summed E-state index contributed by atoms with van der Waals surface area (Å²) >= 11 is 0. The minimum atomic E-state index is -3.82. The van der Waals surface area contributed by atoms with Crippen molar-refractivity contribution in [2.45, 2.75) is 29.8 Å². The number of urea groups is 1. The predicted octanol–water partition coefficient (Wildman–Crippen LogP) is 1.55. The van der Waals surface area contributed by atoms with E-state index in [2.05, 4.69) is 10.6 Å². The van der Waals surface area contributed by atoms with E-state index < -0.39 is 43.7 Å². The van der Waals surface area contributed by atoms with Crippen LogP contribution < -0.4 is 10.6 Å². The van der Waals surface area contributed by atoms with Crippen molar-refractivity contribution in [2.24, 2.45) is 0 Å². The van der Waals surface area contributed by atoms with E-state index in [0.29, 0.717) is 26.3 Å². The minimum Gasteiger partial charge on any atom is -0.378 e. The fraction of sp³-hybridized carbons (Fsp3) is 0.385. The molecule has 10 nitrogen and oxygen atoms in total. The Morgan fingerprint density at radius 3 is 2.16 bits per heavy atom. The van der Waals surface area contributed by atoms with Crippen molar-refractivity contribution in [1.82, 2.24) is 15.5 Å². The highest BCUT2D eigenvalue weighted by Gasteiger charge is 2.27. The Labute approximate surface area is 223 Å². The second kappa shape index (κ2) is 13.5. The molecule has 1 fully saturated rings. The van der Waals surface area contributed by atoms with E-state index in [1.54, 1.807) is 23.1 Å². The van der Waals surface area contributed by atoms with Gasteiger partial charge in [-0.2, -0.15) is 0 Å². The summed E-state index contributed by atoms with van der Waals surface area (Å²) in [5.41, 5.74) is 0.810. The molecule has 3 amide bonds. The number of carbonyl (C=O) groups excluding carboxylic acids is 2. The maximum Gasteiger partial charge on any atom is 0.318 e. The van der Waals surface area contributed by atoms with Crippen molar-refractivity contribution in [3.63, 3.8) is 0 Å². The molecule has 2 unspecified atom stereocenters. The van der Waals surface area contributed by atoms with Crippen LogP contribution in [0.1, 0.15) is 12.0 Å². The molecular formula is C26H33N3O7S2. The Hall–Kier alpha value is -3.22. The van der Waals surface area contributed by atoms with Gasteiger partial charge in [-0.3, -0.25) is 4.79 Å². The van der Waals surface area contributed by atoms with Crippen LogP contribution in [-0.4, -0.2) is 84.1 Å². The summed E-state index contributed by atoms with van der Waals surface area (Å²) in [7, 11) is -7.20.